The van der Waals surface area contributed by atoms with E-state index < -0.39 is 0 Å². The van der Waals surface area contributed by atoms with Gasteiger partial charge in [-0.25, -0.2) is 0 Å². The number of aromatic nitrogens is 1. The van der Waals surface area contributed by atoms with Crippen molar-refractivity contribution in [3.05, 3.63) is 35.5 Å². The summed E-state index contributed by atoms with van der Waals surface area (Å²) in [6.07, 6.45) is 4.34. The molecule has 2 aromatic rings. The third-order valence-electron chi connectivity index (χ3n) is 3.59. The standard InChI is InChI=1S/C16H19ClN2O2/c17-12-3-4-15-14(10-12)16(5-6-18-15)19-7-9-20-11-13-2-1-8-21-13/h3-6,10,13H,1-2,7-9,11H2,(H,18,19). The Morgan fingerprint density at radius 1 is 1.38 bits per heavy atom. The number of pyridine rings is 1. The highest BCUT2D eigenvalue weighted by atomic mass is 35.5. The first-order chi connectivity index (χ1) is 10.3. The molecule has 0 saturated carbocycles. The van der Waals surface area contributed by atoms with E-state index >= 15 is 0 Å². The van der Waals surface area contributed by atoms with Crippen LogP contribution in [0.5, 0.6) is 0 Å². The molecule has 1 atom stereocenters. The second-order valence-corrected chi connectivity index (χ2v) is 5.59. The molecule has 1 aliphatic rings. The zero-order chi connectivity index (χ0) is 14.5. The van der Waals surface area contributed by atoms with Crippen molar-refractivity contribution in [1.29, 1.82) is 0 Å². The highest BCUT2D eigenvalue weighted by Crippen LogP contribution is 2.24. The molecule has 4 nitrogen and oxygen atoms in total. The zero-order valence-electron chi connectivity index (χ0n) is 11.8. The summed E-state index contributed by atoms with van der Waals surface area (Å²) < 4.78 is 11.2. The SMILES string of the molecule is Clc1ccc2nccc(NCCOCC3CCCO3)c2c1. The number of ether oxygens (including phenoxy) is 2. The first-order valence-corrected chi connectivity index (χ1v) is 7.68. The second-order valence-electron chi connectivity index (χ2n) is 5.16. The normalized spacial score (nSPS) is 18.2. The van der Waals surface area contributed by atoms with Gasteiger partial charge in [0.05, 0.1) is 24.8 Å². The Morgan fingerprint density at radius 2 is 2.33 bits per heavy atom. The van der Waals surface area contributed by atoms with Crippen LogP contribution < -0.4 is 5.32 Å². The van der Waals surface area contributed by atoms with Gasteiger partial charge in [-0.1, -0.05) is 11.6 Å². The third-order valence-corrected chi connectivity index (χ3v) is 3.83. The van der Waals surface area contributed by atoms with Gasteiger partial charge in [-0.05, 0) is 37.1 Å². The number of hydrogen-bond donors (Lipinski definition) is 1. The predicted octanol–water partition coefficient (Wildman–Crippen LogP) is 3.50. The van der Waals surface area contributed by atoms with Gasteiger partial charge in [-0.15, -0.1) is 0 Å². The van der Waals surface area contributed by atoms with E-state index in [1.165, 1.54) is 0 Å². The maximum atomic E-state index is 6.05. The van der Waals surface area contributed by atoms with E-state index in [9.17, 15) is 0 Å². The number of rotatable bonds is 6. The number of fused-ring (bicyclic) bond motifs is 1. The molecule has 3 rings (SSSR count). The first kappa shape index (κ1) is 14.6. The monoisotopic (exact) mass is 306 g/mol. The van der Waals surface area contributed by atoms with E-state index in [2.05, 4.69) is 10.3 Å². The molecule has 112 valence electrons. The van der Waals surface area contributed by atoms with Gasteiger partial charge in [0.25, 0.3) is 0 Å². The molecule has 0 spiro atoms. The number of halogens is 1. The van der Waals surface area contributed by atoms with E-state index in [-0.39, 0.29) is 6.10 Å². The van der Waals surface area contributed by atoms with Crippen LogP contribution in [0.25, 0.3) is 10.9 Å². The summed E-state index contributed by atoms with van der Waals surface area (Å²) in [6.45, 7) is 2.96. The maximum absolute atomic E-state index is 6.05. The van der Waals surface area contributed by atoms with Crippen molar-refractivity contribution in [3.8, 4) is 0 Å². The van der Waals surface area contributed by atoms with E-state index in [0.717, 1.165) is 42.6 Å². The van der Waals surface area contributed by atoms with Crippen molar-refractivity contribution in [1.82, 2.24) is 4.98 Å². The smallest absolute Gasteiger partial charge is 0.0809 e. The maximum Gasteiger partial charge on any atom is 0.0809 e. The molecule has 0 bridgehead atoms. The summed E-state index contributed by atoms with van der Waals surface area (Å²) in [6, 6.07) is 7.67. The summed E-state index contributed by atoms with van der Waals surface area (Å²) in [5.41, 5.74) is 1.97. The number of benzene rings is 1. The van der Waals surface area contributed by atoms with Crippen molar-refractivity contribution in [2.24, 2.45) is 0 Å². The molecule has 0 radical (unpaired) electrons. The topological polar surface area (TPSA) is 43.4 Å². The third kappa shape index (κ3) is 3.84. The molecule has 1 aliphatic heterocycles. The van der Waals surface area contributed by atoms with Gasteiger partial charge in [0, 0.05) is 35.4 Å². The number of hydrogen-bond acceptors (Lipinski definition) is 4. The van der Waals surface area contributed by atoms with Crippen LogP contribution in [0.3, 0.4) is 0 Å². The summed E-state index contributed by atoms with van der Waals surface area (Å²) in [5.74, 6) is 0. The van der Waals surface area contributed by atoms with Gasteiger partial charge in [-0.2, -0.15) is 0 Å². The van der Waals surface area contributed by atoms with Crippen LogP contribution in [0.15, 0.2) is 30.5 Å². The Kier molecular flexibility index (Phi) is 4.91. The van der Waals surface area contributed by atoms with Gasteiger partial charge >= 0.3 is 0 Å². The second kappa shape index (κ2) is 7.07. The molecular formula is C16H19ClN2O2. The van der Waals surface area contributed by atoms with E-state index in [4.69, 9.17) is 21.1 Å². The Labute approximate surface area is 129 Å². The number of anilines is 1. The van der Waals surface area contributed by atoms with Crippen molar-refractivity contribution >= 4 is 28.2 Å². The molecule has 1 aromatic carbocycles. The molecule has 2 heterocycles. The lowest BCUT2D eigenvalue weighted by Gasteiger charge is -2.12. The minimum Gasteiger partial charge on any atom is -0.382 e. The Hall–Kier alpha value is -1.36. The van der Waals surface area contributed by atoms with Crippen molar-refractivity contribution in [3.63, 3.8) is 0 Å². The van der Waals surface area contributed by atoms with Gasteiger partial charge in [0.1, 0.15) is 0 Å². The molecular weight excluding hydrogens is 288 g/mol. The highest BCUT2D eigenvalue weighted by Gasteiger charge is 2.14. The van der Waals surface area contributed by atoms with Gasteiger partial charge in [0.15, 0.2) is 0 Å². The van der Waals surface area contributed by atoms with E-state index in [1.807, 2.05) is 24.3 Å². The lowest BCUT2D eigenvalue weighted by Crippen LogP contribution is -2.17. The lowest BCUT2D eigenvalue weighted by molar-refractivity contribution is 0.0206. The molecule has 1 aromatic heterocycles. The Bertz CT molecular complexity index is 600. The zero-order valence-corrected chi connectivity index (χ0v) is 12.6. The molecule has 0 amide bonds. The minimum absolute atomic E-state index is 0.283. The first-order valence-electron chi connectivity index (χ1n) is 7.30. The lowest BCUT2D eigenvalue weighted by atomic mass is 10.2. The van der Waals surface area contributed by atoms with Crippen LogP contribution in [-0.2, 0) is 9.47 Å². The van der Waals surface area contributed by atoms with Crippen molar-refractivity contribution in [2.75, 3.05) is 31.7 Å². The highest BCUT2D eigenvalue weighted by molar-refractivity contribution is 6.31. The minimum atomic E-state index is 0.283. The average Bonchev–Trinajstić information content (AvgIpc) is 3.00. The van der Waals surface area contributed by atoms with Crippen LogP contribution in [-0.4, -0.2) is 37.5 Å². The van der Waals surface area contributed by atoms with Crippen LogP contribution in [0.4, 0.5) is 5.69 Å². The van der Waals surface area contributed by atoms with Gasteiger partial charge in [0.2, 0.25) is 0 Å². The summed E-state index contributed by atoms with van der Waals surface area (Å²) in [5, 5.41) is 5.12. The summed E-state index contributed by atoms with van der Waals surface area (Å²) >= 11 is 6.05. The molecule has 1 fully saturated rings. The van der Waals surface area contributed by atoms with Crippen LogP contribution >= 0.6 is 11.6 Å². The fourth-order valence-electron chi connectivity index (χ4n) is 2.52. The molecule has 1 N–H and O–H groups in total. The van der Waals surface area contributed by atoms with E-state index in [1.54, 1.807) is 6.20 Å². The molecule has 5 heteroatoms. The average molecular weight is 307 g/mol. The largest absolute Gasteiger partial charge is 0.382 e. The van der Waals surface area contributed by atoms with Crippen LogP contribution in [0.2, 0.25) is 5.02 Å². The Balaban J connectivity index is 1.51. The van der Waals surface area contributed by atoms with Crippen LogP contribution in [0.1, 0.15) is 12.8 Å². The predicted molar refractivity (Wildman–Crippen MR) is 85.0 cm³/mol. The fraction of sp³-hybridized carbons (Fsp3) is 0.438. The van der Waals surface area contributed by atoms with Crippen molar-refractivity contribution in [2.45, 2.75) is 18.9 Å². The fourth-order valence-corrected chi connectivity index (χ4v) is 2.69. The molecule has 1 saturated heterocycles. The van der Waals surface area contributed by atoms with Gasteiger partial charge in [-0.3, -0.25) is 4.98 Å². The molecule has 0 aliphatic carbocycles. The van der Waals surface area contributed by atoms with Crippen molar-refractivity contribution < 1.29 is 9.47 Å². The number of nitrogens with one attached hydrogen (secondary N) is 1. The summed E-state index contributed by atoms with van der Waals surface area (Å²) in [4.78, 5) is 4.33. The van der Waals surface area contributed by atoms with E-state index in [0.29, 0.717) is 18.2 Å². The van der Waals surface area contributed by atoms with Gasteiger partial charge < -0.3 is 14.8 Å². The quantitative estimate of drug-likeness (QED) is 0.830. The summed E-state index contributed by atoms with van der Waals surface area (Å²) in [7, 11) is 0. The molecule has 21 heavy (non-hydrogen) atoms. The Morgan fingerprint density at radius 3 is 3.19 bits per heavy atom. The number of nitrogens with zero attached hydrogens (tertiary/aromatic N) is 1. The van der Waals surface area contributed by atoms with Crippen LogP contribution in [0, 0.1) is 0 Å². The molecule has 1 unspecified atom stereocenters.